The lowest BCUT2D eigenvalue weighted by Gasteiger charge is -2.29. The molecule has 0 aliphatic heterocycles. The maximum atomic E-state index is 11.7. The Kier molecular flexibility index (Phi) is 6.51. The molecule has 0 fully saturated rings. The molecule has 1 heterocycles. The minimum Gasteiger partial charge on any atom is -0.481 e. The fraction of sp³-hybridized carbons (Fsp3) is 0.316. The van der Waals surface area contributed by atoms with Crippen LogP contribution in [0.15, 0.2) is 48.7 Å². The van der Waals surface area contributed by atoms with Crippen molar-refractivity contribution in [3.63, 3.8) is 0 Å². The van der Waals surface area contributed by atoms with Crippen molar-refractivity contribution >= 4 is 23.4 Å². The molecule has 0 atom stereocenters. The number of nitrogens with one attached hydrogen (secondary N) is 1. The predicted molar refractivity (Wildman–Crippen MR) is 97.5 cm³/mol. The van der Waals surface area contributed by atoms with Crippen LogP contribution >= 0.6 is 0 Å². The highest BCUT2D eigenvalue weighted by molar-refractivity contribution is 5.91. The number of pyridine rings is 1. The molecule has 0 saturated carbocycles. The molecule has 0 unspecified atom stereocenters. The summed E-state index contributed by atoms with van der Waals surface area (Å²) < 4.78 is 0. The van der Waals surface area contributed by atoms with Crippen molar-refractivity contribution in [3.8, 4) is 0 Å². The Morgan fingerprint density at radius 2 is 1.84 bits per heavy atom. The van der Waals surface area contributed by atoms with Gasteiger partial charge in [-0.1, -0.05) is 30.3 Å². The zero-order valence-corrected chi connectivity index (χ0v) is 14.5. The van der Waals surface area contributed by atoms with Gasteiger partial charge in [0.15, 0.2) is 0 Å². The first-order chi connectivity index (χ1) is 12.0. The highest BCUT2D eigenvalue weighted by Gasteiger charge is 2.12. The highest BCUT2D eigenvalue weighted by Crippen LogP contribution is 2.20. The number of benzene rings is 1. The van der Waals surface area contributed by atoms with E-state index in [1.165, 1.54) is 5.56 Å². The second-order valence-electron chi connectivity index (χ2n) is 6.05. The van der Waals surface area contributed by atoms with E-state index in [0.29, 0.717) is 5.82 Å². The number of carbonyl (C=O) groups is 2. The van der Waals surface area contributed by atoms with Gasteiger partial charge in [0.2, 0.25) is 5.91 Å². The summed E-state index contributed by atoms with van der Waals surface area (Å²) in [6.07, 6.45) is 1.46. The Hall–Kier alpha value is -2.89. The van der Waals surface area contributed by atoms with Crippen molar-refractivity contribution in [1.82, 2.24) is 4.98 Å². The Morgan fingerprint density at radius 1 is 1.12 bits per heavy atom. The molecule has 6 nitrogen and oxygen atoms in total. The van der Waals surface area contributed by atoms with Crippen molar-refractivity contribution in [3.05, 3.63) is 54.2 Å². The maximum absolute atomic E-state index is 11.7. The fourth-order valence-electron chi connectivity index (χ4n) is 2.41. The van der Waals surface area contributed by atoms with E-state index in [0.717, 1.165) is 12.2 Å². The number of hydrogen-bond acceptors (Lipinski definition) is 4. The first-order valence-electron chi connectivity index (χ1n) is 8.24. The number of hydrogen-bond donors (Lipinski definition) is 2. The third kappa shape index (κ3) is 5.91. The molecule has 6 heteroatoms. The first kappa shape index (κ1) is 18.4. The molecule has 1 amide bonds. The van der Waals surface area contributed by atoms with Gasteiger partial charge >= 0.3 is 5.97 Å². The number of carbonyl (C=O) groups excluding carboxylic acids is 1. The number of nitrogens with zero attached hydrogens (tertiary/aromatic N) is 2. The Balaban J connectivity index is 2.03. The molecule has 2 N–H and O–H groups in total. The van der Waals surface area contributed by atoms with Gasteiger partial charge in [0.05, 0.1) is 18.3 Å². The van der Waals surface area contributed by atoms with Crippen LogP contribution < -0.4 is 10.2 Å². The zero-order chi connectivity index (χ0) is 18.2. The summed E-state index contributed by atoms with van der Waals surface area (Å²) in [5.41, 5.74) is 2.17. The molecule has 2 aromatic rings. The van der Waals surface area contributed by atoms with Crippen LogP contribution in [-0.2, 0) is 16.1 Å². The molecule has 0 spiro atoms. The van der Waals surface area contributed by atoms with Gasteiger partial charge in [-0.05, 0) is 31.5 Å². The summed E-state index contributed by atoms with van der Waals surface area (Å²) in [5.74, 6) is -0.929. The number of carboxylic acids is 1. The third-order valence-corrected chi connectivity index (χ3v) is 3.73. The van der Waals surface area contributed by atoms with Crippen LogP contribution in [0.4, 0.5) is 11.5 Å². The van der Waals surface area contributed by atoms with Gasteiger partial charge in [0, 0.05) is 19.0 Å². The average Bonchev–Trinajstić information content (AvgIpc) is 2.59. The quantitative estimate of drug-likeness (QED) is 0.770. The van der Waals surface area contributed by atoms with Gasteiger partial charge in [0.25, 0.3) is 0 Å². The van der Waals surface area contributed by atoms with Gasteiger partial charge in [-0.2, -0.15) is 0 Å². The van der Waals surface area contributed by atoms with Crippen molar-refractivity contribution < 1.29 is 14.7 Å². The van der Waals surface area contributed by atoms with E-state index in [2.05, 4.69) is 41.2 Å². The molecule has 1 aromatic carbocycles. The SMILES string of the molecule is CC(C)N(Cc1ccccc1)c1ccc(NC(=O)CCC(=O)O)nc1. The number of amides is 1. The lowest BCUT2D eigenvalue weighted by molar-refractivity contribution is -0.138. The monoisotopic (exact) mass is 341 g/mol. The minimum atomic E-state index is -0.994. The minimum absolute atomic E-state index is 0.0646. The summed E-state index contributed by atoms with van der Waals surface area (Å²) >= 11 is 0. The molecule has 0 aliphatic carbocycles. The molecular formula is C19H23N3O3. The van der Waals surface area contributed by atoms with E-state index >= 15 is 0 Å². The molecule has 2 rings (SSSR count). The van der Waals surface area contributed by atoms with Crippen molar-refractivity contribution in [2.24, 2.45) is 0 Å². The lowest BCUT2D eigenvalue weighted by Crippen LogP contribution is -2.30. The van der Waals surface area contributed by atoms with E-state index in [1.54, 1.807) is 12.3 Å². The molecule has 0 bridgehead atoms. The summed E-state index contributed by atoms with van der Waals surface area (Å²) in [7, 11) is 0. The normalized spacial score (nSPS) is 10.5. The number of aliphatic carboxylic acids is 1. The zero-order valence-electron chi connectivity index (χ0n) is 14.5. The first-order valence-corrected chi connectivity index (χ1v) is 8.24. The largest absolute Gasteiger partial charge is 0.481 e. The van der Waals surface area contributed by atoms with Crippen LogP contribution in [0, 0.1) is 0 Å². The molecule has 0 saturated heterocycles. The molecule has 25 heavy (non-hydrogen) atoms. The van der Waals surface area contributed by atoms with E-state index in [9.17, 15) is 9.59 Å². The number of anilines is 2. The van der Waals surface area contributed by atoms with E-state index < -0.39 is 5.97 Å². The van der Waals surface area contributed by atoms with E-state index in [-0.39, 0.29) is 24.8 Å². The standard InChI is InChI=1S/C19H23N3O3/c1-14(2)22(13-15-6-4-3-5-7-15)16-8-9-17(20-12-16)21-18(23)10-11-19(24)25/h3-9,12,14H,10-11,13H2,1-2H3,(H,24,25)(H,20,21,23). The summed E-state index contributed by atoms with van der Waals surface area (Å²) in [4.78, 5) is 28.6. The summed E-state index contributed by atoms with van der Waals surface area (Å²) in [6.45, 7) is 5.00. The van der Waals surface area contributed by atoms with Crippen molar-refractivity contribution in [1.29, 1.82) is 0 Å². The molecule has 1 aromatic heterocycles. The van der Waals surface area contributed by atoms with E-state index in [4.69, 9.17) is 5.11 Å². The van der Waals surface area contributed by atoms with Gasteiger partial charge in [-0.25, -0.2) is 4.98 Å². The number of aromatic nitrogens is 1. The van der Waals surface area contributed by atoms with Crippen LogP contribution in [0.1, 0.15) is 32.3 Å². The molecule has 132 valence electrons. The Labute approximate surface area is 147 Å². The second kappa shape index (κ2) is 8.82. The highest BCUT2D eigenvalue weighted by atomic mass is 16.4. The van der Waals surface area contributed by atoms with Gasteiger partial charge in [-0.15, -0.1) is 0 Å². The smallest absolute Gasteiger partial charge is 0.303 e. The van der Waals surface area contributed by atoms with Gasteiger partial charge < -0.3 is 15.3 Å². The van der Waals surface area contributed by atoms with Crippen LogP contribution in [0.3, 0.4) is 0 Å². The Bertz CT molecular complexity index is 700. The van der Waals surface area contributed by atoms with Crippen molar-refractivity contribution in [2.75, 3.05) is 10.2 Å². The maximum Gasteiger partial charge on any atom is 0.303 e. The third-order valence-electron chi connectivity index (χ3n) is 3.73. The average molecular weight is 341 g/mol. The van der Waals surface area contributed by atoms with Gasteiger partial charge in [0.1, 0.15) is 5.82 Å². The number of carboxylic acid groups (broad SMARTS) is 1. The van der Waals surface area contributed by atoms with E-state index in [1.807, 2.05) is 24.3 Å². The van der Waals surface area contributed by atoms with Crippen LogP contribution in [0.2, 0.25) is 0 Å². The Morgan fingerprint density at radius 3 is 2.40 bits per heavy atom. The summed E-state index contributed by atoms with van der Waals surface area (Å²) in [5, 5.41) is 11.2. The fourth-order valence-corrected chi connectivity index (χ4v) is 2.41. The topological polar surface area (TPSA) is 82.5 Å². The lowest BCUT2D eigenvalue weighted by atomic mass is 10.1. The van der Waals surface area contributed by atoms with Crippen LogP contribution in [-0.4, -0.2) is 28.0 Å². The van der Waals surface area contributed by atoms with Crippen LogP contribution in [0.25, 0.3) is 0 Å². The molecular weight excluding hydrogens is 318 g/mol. The number of rotatable bonds is 8. The van der Waals surface area contributed by atoms with Crippen molar-refractivity contribution in [2.45, 2.75) is 39.3 Å². The molecule has 0 aliphatic rings. The summed E-state index contributed by atoms with van der Waals surface area (Å²) in [6, 6.07) is 14.1. The second-order valence-corrected chi connectivity index (χ2v) is 6.05. The van der Waals surface area contributed by atoms with Gasteiger partial charge in [-0.3, -0.25) is 9.59 Å². The van der Waals surface area contributed by atoms with Crippen LogP contribution in [0.5, 0.6) is 0 Å². The predicted octanol–water partition coefficient (Wildman–Crippen LogP) is 3.30. The molecule has 0 radical (unpaired) electrons.